The second-order valence-corrected chi connectivity index (χ2v) is 6.20. The predicted molar refractivity (Wildman–Crippen MR) is 86.8 cm³/mol. The molecule has 4 heteroatoms. The van der Waals surface area contributed by atoms with Crippen LogP contribution in [-0.4, -0.2) is 40.1 Å². The van der Waals surface area contributed by atoms with Crippen molar-refractivity contribution in [3.63, 3.8) is 0 Å². The highest BCUT2D eigenvalue weighted by molar-refractivity contribution is 6.05. The van der Waals surface area contributed by atoms with Gasteiger partial charge in [-0.2, -0.15) is 0 Å². The smallest absolute Gasteiger partial charge is 0.256 e. The number of rotatable bonds is 2. The fourth-order valence-electron chi connectivity index (χ4n) is 3.17. The number of amides is 1. The minimum atomic E-state index is -0.292. The Morgan fingerprint density at radius 3 is 2.68 bits per heavy atom. The zero-order valence-electron chi connectivity index (χ0n) is 13.1. The van der Waals surface area contributed by atoms with Crippen molar-refractivity contribution in [2.45, 2.75) is 32.8 Å². The van der Waals surface area contributed by atoms with Gasteiger partial charge in [-0.05, 0) is 44.7 Å². The number of benzene rings is 1. The van der Waals surface area contributed by atoms with Crippen molar-refractivity contribution in [2.24, 2.45) is 5.92 Å². The number of aromatic nitrogens is 1. The van der Waals surface area contributed by atoms with Crippen molar-refractivity contribution in [3.05, 3.63) is 41.6 Å². The van der Waals surface area contributed by atoms with Gasteiger partial charge in [0.1, 0.15) is 0 Å². The van der Waals surface area contributed by atoms with Crippen LogP contribution in [0.1, 0.15) is 35.8 Å². The number of nitrogens with zero attached hydrogens (tertiary/aromatic N) is 2. The molecule has 4 nitrogen and oxygen atoms in total. The molecule has 116 valence electrons. The summed E-state index contributed by atoms with van der Waals surface area (Å²) in [4.78, 5) is 19.3. The Bertz CT molecular complexity index is 689. The number of carbonyl (C=O) groups excluding carboxylic acids is 1. The standard InChI is InChI=1S/C18H22N2O2/c1-12-6-7-15-4-3-5-16(17(15)19-12)18(22)20-10-8-14(9-11-20)13(2)21/h3-7,13-14,21H,8-11H2,1-2H3. The predicted octanol–water partition coefficient (Wildman–Crippen LogP) is 2.78. The first kappa shape index (κ1) is 15.0. The SMILES string of the molecule is Cc1ccc2cccc(C(=O)N3CCC(C(C)O)CC3)c2n1. The zero-order valence-corrected chi connectivity index (χ0v) is 13.1. The van der Waals surface area contributed by atoms with Crippen LogP contribution in [0.5, 0.6) is 0 Å². The first-order valence-electron chi connectivity index (χ1n) is 7.90. The third kappa shape index (κ3) is 2.83. The highest BCUT2D eigenvalue weighted by Crippen LogP contribution is 2.24. The third-order valence-corrected chi connectivity index (χ3v) is 4.60. The van der Waals surface area contributed by atoms with Gasteiger partial charge >= 0.3 is 0 Å². The minimum Gasteiger partial charge on any atom is -0.393 e. The fourth-order valence-corrected chi connectivity index (χ4v) is 3.17. The van der Waals surface area contributed by atoms with Crippen molar-refractivity contribution in [2.75, 3.05) is 13.1 Å². The molecule has 3 rings (SSSR count). The summed E-state index contributed by atoms with van der Waals surface area (Å²) in [6.07, 6.45) is 1.43. The van der Waals surface area contributed by atoms with Gasteiger partial charge in [-0.25, -0.2) is 0 Å². The molecule has 0 bridgehead atoms. The Labute approximate surface area is 130 Å². The molecule has 1 N–H and O–H groups in total. The molecule has 1 aromatic heterocycles. The largest absolute Gasteiger partial charge is 0.393 e. The lowest BCUT2D eigenvalue weighted by atomic mass is 9.92. The van der Waals surface area contributed by atoms with Crippen LogP contribution in [0, 0.1) is 12.8 Å². The summed E-state index contributed by atoms with van der Waals surface area (Å²) in [5.74, 6) is 0.352. The van der Waals surface area contributed by atoms with Gasteiger partial charge in [0, 0.05) is 24.2 Å². The van der Waals surface area contributed by atoms with E-state index in [1.54, 1.807) is 0 Å². The van der Waals surface area contributed by atoms with E-state index < -0.39 is 0 Å². The van der Waals surface area contributed by atoms with Crippen LogP contribution in [0.25, 0.3) is 10.9 Å². The van der Waals surface area contributed by atoms with Crippen molar-refractivity contribution in [1.29, 1.82) is 0 Å². The van der Waals surface area contributed by atoms with E-state index in [1.165, 1.54) is 0 Å². The lowest BCUT2D eigenvalue weighted by Crippen LogP contribution is -2.40. The van der Waals surface area contributed by atoms with E-state index in [9.17, 15) is 9.90 Å². The highest BCUT2D eigenvalue weighted by Gasteiger charge is 2.26. The molecule has 1 unspecified atom stereocenters. The average molecular weight is 298 g/mol. The molecule has 0 saturated carbocycles. The summed E-state index contributed by atoms with van der Waals surface area (Å²) < 4.78 is 0. The number of aryl methyl sites for hydroxylation is 1. The molecule has 0 radical (unpaired) electrons. The number of pyridine rings is 1. The number of hydrogen-bond donors (Lipinski definition) is 1. The van der Waals surface area contributed by atoms with Crippen LogP contribution in [0.15, 0.2) is 30.3 Å². The quantitative estimate of drug-likeness (QED) is 0.927. The first-order valence-corrected chi connectivity index (χ1v) is 7.90. The molecule has 2 heterocycles. The van der Waals surface area contributed by atoms with E-state index in [4.69, 9.17) is 0 Å². The highest BCUT2D eigenvalue weighted by atomic mass is 16.3. The molecule has 2 aromatic rings. The van der Waals surface area contributed by atoms with Crippen LogP contribution in [0.3, 0.4) is 0 Å². The molecule has 1 aliphatic heterocycles. The van der Waals surface area contributed by atoms with Crippen molar-refractivity contribution < 1.29 is 9.90 Å². The van der Waals surface area contributed by atoms with Crippen LogP contribution < -0.4 is 0 Å². The maximum Gasteiger partial charge on any atom is 0.256 e. The van der Waals surface area contributed by atoms with Crippen molar-refractivity contribution in [1.82, 2.24) is 9.88 Å². The van der Waals surface area contributed by atoms with Crippen LogP contribution in [-0.2, 0) is 0 Å². The molecule has 1 saturated heterocycles. The molecular weight excluding hydrogens is 276 g/mol. The number of para-hydroxylation sites is 1. The van der Waals surface area contributed by atoms with Gasteiger partial charge in [-0.1, -0.05) is 18.2 Å². The summed E-state index contributed by atoms with van der Waals surface area (Å²) >= 11 is 0. The molecular formula is C18H22N2O2. The third-order valence-electron chi connectivity index (χ3n) is 4.60. The Morgan fingerprint density at radius 2 is 2.00 bits per heavy atom. The van der Waals surface area contributed by atoms with Gasteiger partial charge in [0.05, 0.1) is 17.2 Å². The van der Waals surface area contributed by atoms with E-state index in [2.05, 4.69) is 4.98 Å². The van der Waals surface area contributed by atoms with E-state index in [-0.39, 0.29) is 12.0 Å². The van der Waals surface area contributed by atoms with Crippen molar-refractivity contribution in [3.8, 4) is 0 Å². The number of carbonyl (C=O) groups is 1. The van der Waals surface area contributed by atoms with Gasteiger partial charge in [-0.15, -0.1) is 0 Å². The summed E-state index contributed by atoms with van der Waals surface area (Å²) in [7, 11) is 0. The first-order chi connectivity index (χ1) is 10.6. The Kier molecular flexibility index (Phi) is 4.12. The average Bonchev–Trinajstić information content (AvgIpc) is 2.53. The molecule has 22 heavy (non-hydrogen) atoms. The number of hydrogen-bond acceptors (Lipinski definition) is 3. The summed E-state index contributed by atoms with van der Waals surface area (Å²) in [5, 5.41) is 10.7. The number of piperidine rings is 1. The molecule has 1 aromatic carbocycles. The lowest BCUT2D eigenvalue weighted by molar-refractivity contribution is 0.0522. The van der Waals surface area contributed by atoms with Crippen LogP contribution >= 0.6 is 0 Å². The number of aliphatic hydroxyl groups is 1. The van der Waals surface area contributed by atoms with Gasteiger partial charge in [0.25, 0.3) is 5.91 Å². The van der Waals surface area contributed by atoms with Gasteiger partial charge in [-0.3, -0.25) is 9.78 Å². The van der Waals surface area contributed by atoms with E-state index in [0.29, 0.717) is 24.6 Å². The number of likely N-dealkylation sites (tertiary alicyclic amines) is 1. The van der Waals surface area contributed by atoms with Crippen LogP contribution in [0.4, 0.5) is 0 Å². The monoisotopic (exact) mass is 298 g/mol. The molecule has 1 aliphatic rings. The molecule has 0 aliphatic carbocycles. The number of aliphatic hydroxyl groups excluding tert-OH is 1. The molecule has 0 spiro atoms. The Balaban J connectivity index is 1.86. The maximum absolute atomic E-state index is 12.8. The fraction of sp³-hybridized carbons (Fsp3) is 0.444. The second kappa shape index (κ2) is 6.05. The minimum absolute atomic E-state index is 0.0488. The van der Waals surface area contributed by atoms with Gasteiger partial charge in [0.2, 0.25) is 0 Å². The number of fused-ring (bicyclic) bond motifs is 1. The van der Waals surface area contributed by atoms with Crippen molar-refractivity contribution >= 4 is 16.8 Å². The second-order valence-electron chi connectivity index (χ2n) is 6.20. The van der Waals surface area contributed by atoms with E-state index >= 15 is 0 Å². The molecule has 1 atom stereocenters. The summed E-state index contributed by atoms with van der Waals surface area (Å²) in [5.41, 5.74) is 2.38. The Morgan fingerprint density at radius 1 is 1.27 bits per heavy atom. The maximum atomic E-state index is 12.8. The summed E-state index contributed by atoms with van der Waals surface area (Å²) in [6.45, 7) is 5.18. The van der Waals surface area contributed by atoms with Crippen LogP contribution in [0.2, 0.25) is 0 Å². The van der Waals surface area contributed by atoms with E-state index in [1.807, 2.05) is 49.1 Å². The van der Waals surface area contributed by atoms with Gasteiger partial charge in [0.15, 0.2) is 0 Å². The lowest BCUT2D eigenvalue weighted by Gasteiger charge is -2.33. The summed E-state index contributed by atoms with van der Waals surface area (Å²) in [6, 6.07) is 9.73. The van der Waals surface area contributed by atoms with Gasteiger partial charge < -0.3 is 10.0 Å². The molecule has 1 amide bonds. The Hall–Kier alpha value is -1.94. The molecule has 1 fully saturated rings. The topological polar surface area (TPSA) is 53.4 Å². The zero-order chi connectivity index (χ0) is 15.7. The van der Waals surface area contributed by atoms with E-state index in [0.717, 1.165) is 29.4 Å². The normalized spacial score (nSPS) is 17.7.